The van der Waals surface area contributed by atoms with E-state index in [9.17, 15) is 19.5 Å². The van der Waals surface area contributed by atoms with Gasteiger partial charge in [-0.15, -0.1) is 23.1 Å². The Morgan fingerprint density at radius 2 is 2.23 bits per heavy atom. The number of anilines is 1. The zero-order chi connectivity index (χ0) is 19.3. The number of oxime groups is 1. The van der Waals surface area contributed by atoms with Crippen LogP contribution in [0.2, 0.25) is 0 Å². The van der Waals surface area contributed by atoms with E-state index in [0.29, 0.717) is 0 Å². The zero-order valence-electron chi connectivity index (χ0n) is 13.3. The number of nitrogens with zero attached hydrogens (tertiary/aromatic N) is 2. The number of thioether (sulfide) groups is 1. The van der Waals surface area contributed by atoms with Gasteiger partial charge in [-0.25, -0.2) is 14.6 Å². The Morgan fingerprint density at radius 1 is 1.50 bits per heavy atom. The van der Waals surface area contributed by atoms with Crippen molar-refractivity contribution < 1.29 is 29.4 Å². The molecular weight excluding hydrogens is 386 g/mol. The molecule has 0 saturated carbocycles. The molecule has 1 amide bonds. The van der Waals surface area contributed by atoms with Gasteiger partial charge in [-0.1, -0.05) is 5.16 Å². The molecule has 1 aliphatic rings. The van der Waals surface area contributed by atoms with Gasteiger partial charge >= 0.3 is 11.9 Å². The summed E-state index contributed by atoms with van der Waals surface area (Å²) in [6.45, 7) is 0. The van der Waals surface area contributed by atoms with E-state index in [1.165, 1.54) is 18.6 Å². The number of thiazole rings is 1. The van der Waals surface area contributed by atoms with Crippen molar-refractivity contribution in [1.29, 1.82) is 0 Å². The minimum absolute atomic E-state index is 0.131. The number of aromatic nitrogens is 1. The first-order valence-corrected chi connectivity index (χ1v) is 8.94. The maximum absolute atomic E-state index is 12.5. The smallest absolute Gasteiger partial charge is 0.351 e. The fraction of sp³-hybridized carbons (Fsp3) is 0.308. The molecule has 2 unspecified atom stereocenters. The van der Waals surface area contributed by atoms with Crippen LogP contribution in [0.1, 0.15) is 5.69 Å². The molecule has 11 nitrogen and oxygen atoms in total. The highest BCUT2D eigenvalue weighted by Crippen LogP contribution is 2.20. The highest BCUT2D eigenvalue weighted by Gasteiger charge is 2.34. The highest BCUT2D eigenvalue weighted by atomic mass is 32.2. The SMILES string of the molecule is CO/N=C(\C(=O)NC(C(=O)O)C1NC(C(=O)O)=CCS1)c1csc(N)n1. The predicted octanol–water partition coefficient (Wildman–Crippen LogP) is -0.724. The Kier molecular flexibility index (Phi) is 6.41. The molecule has 0 spiro atoms. The van der Waals surface area contributed by atoms with Crippen LogP contribution < -0.4 is 16.4 Å². The molecule has 1 aliphatic heterocycles. The average Bonchev–Trinajstić information content (AvgIpc) is 3.03. The van der Waals surface area contributed by atoms with Crippen LogP contribution in [-0.4, -0.2) is 63.0 Å². The van der Waals surface area contributed by atoms with E-state index in [4.69, 9.17) is 10.8 Å². The number of carboxylic acids is 2. The van der Waals surface area contributed by atoms with Crippen molar-refractivity contribution in [2.24, 2.45) is 5.16 Å². The Balaban J connectivity index is 2.19. The largest absolute Gasteiger partial charge is 0.480 e. The maximum atomic E-state index is 12.5. The summed E-state index contributed by atoms with van der Waals surface area (Å²) in [5.41, 5.74) is 5.28. The molecule has 1 aromatic heterocycles. The van der Waals surface area contributed by atoms with Crippen molar-refractivity contribution in [3.05, 3.63) is 22.8 Å². The van der Waals surface area contributed by atoms with Crippen LogP contribution in [-0.2, 0) is 19.2 Å². The molecule has 1 aromatic rings. The number of hydrogen-bond acceptors (Lipinski definition) is 10. The third kappa shape index (κ3) is 4.64. The number of hydrogen-bond donors (Lipinski definition) is 5. The van der Waals surface area contributed by atoms with E-state index in [1.807, 2.05) is 0 Å². The van der Waals surface area contributed by atoms with Crippen molar-refractivity contribution in [1.82, 2.24) is 15.6 Å². The van der Waals surface area contributed by atoms with Crippen LogP contribution in [0, 0.1) is 0 Å². The van der Waals surface area contributed by atoms with Crippen LogP contribution >= 0.6 is 23.1 Å². The summed E-state index contributed by atoms with van der Waals surface area (Å²) in [5.74, 6) is -3.13. The van der Waals surface area contributed by atoms with Crippen LogP contribution in [0.25, 0.3) is 0 Å². The molecule has 0 saturated heterocycles. The number of carboxylic acid groups (broad SMARTS) is 2. The minimum Gasteiger partial charge on any atom is -0.480 e. The predicted molar refractivity (Wildman–Crippen MR) is 94.7 cm³/mol. The lowest BCUT2D eigenvalue weighted by atomic mass is 10.2. The Hall–Kier alpha value is -2.80. The molecule has 0 aromatic carbocycles. The Labute approximate surface area is 155 Å². The van der Waals surface area contributed by atoms with Gasteiger partial charge < -0.3 is 31.4 Å². The molecule has 13 heteroatoms. The third-order valence-electron chi connectivity index (χ3n) is 3.11. The first-order valence-electron chi connectivity index (χ1n) is 7.01. The van der Waals surface area contributed by atoms with Gasteiger partial charge in [0, 0.05) is 11.1 Å². The summed E-state index contributed by atoms with van der Waals surface area (Å²) in [6.07, 6.45) is 1.42. The molecule has 26 heavy (non-hydrogen) atoms. The second kappa shape index (κ2) is 8.53. The summed E-state index contributed by atoms with van der Waals surface area (Å²) < 4.78 is 0. The first kappa shape index (κ1) is 19.5. The lowest BCUT2D eigenvalue weighted by Gasteiger charge is -2.28. The van der Waals surface area contributed by atoms with Gasteiger partial charge in [-0.3, -0.25) is 4.79 Å². The number of carbonyl (C=O) groups excluding carboxylic acids is 1. The molecular formula is C13H15N5O6S2. The maximum Gasteiger partial charge on any atom is 0.351 e. The van der Waals surface area contributed by atoms with Gasteiger partial charge in [-0.05, 0) is 6.08 Å². The van der Waals surface area contributed by atoms with Gasteiger partial charge in [0.05, 0.1) is 0 Å². The van der Waals surface area contributed by atoms with Crippen LogP contribution in [0.3, 0.4) is 0 Å². The van der Waals surface area contributed by atoms with Gasteiger partial charge in [-0.2, -0.15) is 0 Å². The van der Waals surface area contributed by atoms with E-state index in [1.54, 1.807) is 0 Å². The molecule has 2 heterocycles. The molecule has 2 rings (SSSR count). The third-order valence-corrected chi connectivity index (χ3v) is 4.89. The second-order valence-electron chi connectivity index (χ2n) is 4.80. The lowest BCUT2D eigenvalue weighted by Crippen LogP contribution is -2.55. The Morgan fingerprint density at radius 3 is 2.77 bits per heavy atom. The quantitative estimate of drug-likeness (QED) is 0.289. The molecule has 0 radical (unpaired) electrons. The fourth-order valence-corrected chi connectivity index (χ4v) is 3.59. The van der Waals surface area contributed by atoms with Gasteiger partial charge in [0.15, 0.2) is 16.9 Å². The molecule has 2 atom stereocenters. The van der Waals surface area contributed by atoms with E-state index in [-0.39, 0.29) is 28.0 Å². The standard InChI is InChI=1S/C13H15N5O6S2/c1-24-18-7(6-4-26-13(14)16-6)9(19)17-8(12(22)23)10-15-5(11(20)21)2-3-25-10/h2,4,8,10,15H,3H2,1H3,(H2,14,16)(H,17,19)(H,20,21)(H,22,23)/b18-7-. The molecule has 0 aliphatic carbocycles. The first-order chi connectivity index (χ1) is 12.3. The number of rotatable bonds is 7. The van der Waals surface area contributed by atoms with E-state index < -0.39 is 29.3 Å². The number of amides is 1. The van der Waals surface area contributed by atoms with Gasteiger partial charge in [0.2, 0.25) is 0 Å². The van der Waals surface area contributed by atoms with Crippen molar-refractivity contribution in [2.75, 3.05) is 18.6 Å². The highest BCUT2D eigenvalue weighted by molar-refractivity contribution is 8.00. The second-order valence-corrected chi connectivity index (χ2v) is 6.87. The van der Waals surface area contributed by atoms with Crippen molar-refractivity contribution in [2.45, 2.75) is 11.4 Å². The number of nitrogen functional groups attached to an aromatic ring is 1. The molecule has 0 bridgehead atoms. The normalized spacial score (nSPS) is 18.3. The van der Waals surface area contributed by atoms with Crippen molar-refractivity contribution in [3.8, 4) is 0 Å². The van der Waals surface area contributed by atoms with Crippen LogP contribution in [0.4, 0.5) is 5.13 Å². The summed E-state index contributed by atoms with van der Waals surface area (Å²) in [5, 5.41) is 27.7. The fourth-order valence-electron chi connectivity index (χ4n) is 1.99. The zero-order valence-corrected chi connectivity index (χ0v) is 15.0. The number of nitrogens with two attached hydrogens (primary N) is 1. The Bertz CT molecular complexity index is 777. The van der Waals surface area contributed by atoms with E-state index >= 15 is 0 Å². The molecule has 6 N–H and O–H groups in total. The summed E-state index contributed by atoms with van der Waals surface area (Å²) in [4.78, 5) is 43.7. The number of carbonyl (C=O) groups is 3. The minimum atomic E-state index is -1.42. The lowest BCUT2D eigenvalue weighted by molar-refractivity contribution is -0.141. The van der Waals surface area contributed by atoms with Crippen molar-refractivity contribution in [3.63, 3.8) is 0 Å². The monoisotopic (exact) mass is 401 g/mol. The summed E-state index contributed by atoms with van der Waals surface area (Å²) >= 11 is 2.21. The van der Waals surface area contributed by atoms with Crippen LogP contribution in [0.15, 0.2) is 22.3 Å². The van der Waals surface area contributed by atoms with E-state index in [2.05, 4.69) is 25.6 Å². The molecule has 0 fully saturated rings. The average molecular weight is 401 g/mol. The van der Waals surface area contributed by atoms with Crippen molar-refractivity contribution >= 4 is 51.8 Å². The summed E-state index contributed by atoms with van der Waals surface area (Å²) in [6, 6.07) is -1.42. The topological polar surface area (TPSA) is 176 Å². The number of aliphatic carboxylic acids is 2. The van der Waals surface area contributed by atoms with Gasteiger partial charge in [0.25, 0.3) is 5.91 Å². The molecule has 140 valence electrons. The van der Waals surface area contributed by atoms with Crippen LogP contribution in [0.5, 0.6) is 0 Å². The van der Waals surface area contributed by atoms with Gasteiger partial charge in [0.1, 0.15) is 23.9 Å². The number of nitrogens with one attached hydrogen (secondary N) is 2. The van der Waals surface area contributed by atoms with E-state index in [0.717, 1.165) is 23.1 Å². The summed E-state index contributed by atoms with van der Waals surface area (Å²) in [7, 11) is 1.22.